The van der Waals surface area contributed by atoms with E-state index in [-0.39, 0.29) is 24.2 Å². The number of benzene rings is 3. The molecule has 4 heterocycles. The molecule has 0 bridgehead atoms. The first-order valence-electron chi connectivity index (χ1n) is 15.6. The highest BCUT2D eigenvalue weighted by atomic mass is 35.5. The standard InChI is InChI=1S/C35H33ClFN7O3/c36-25-7-10-27-29(19-25)33(28-3-1-2-4-30(28)37)38-20-24-21-39-35(41-32(24)27)40-26-8-5-23(6-9-26)34(46)44-13-11-42(12-14-44)22-31(45)43-15-17-47-18-16-43/h1-10,19,21H,11-18,20,22H2,(H,39,40,41). The van der Waals surface area contributed by atoms with Crippen molar-refractivity contribution in [3.8, 4) is 11.3 Å². The number of piperazine rings is 1. The summed E-state index contributed by atoms with van der Waals surface area (Å²) < 4.78 is 20.2. The van der Waals surface area contributed by atoms with Crippen LogP contribution in [0.2, 0.25) is 5.02 Å². The van der Waals surface area contributed by atoms with E-state index in [1.165, 1.54) is 6.07 Å². The van der Waals surface area contributed by atoms with Crippen LogP contribution < -0.4 is 5.32 Å². The number of aliphatic imine (C=N–C) groups is 1. The first-order valence-corrected chi connectivity index (χ1v) is 16.0. The van der Waals surface area contributed by atoms with Crippen molar-refractivity contribution in [2.24, 2.45) is 4.99 Å². The molecule has 10 nitrogen and oxygen atoms in total. The fourth-order valence-electron chi connectivity index (χ4n) is 6.09. The molecule has 2 saturated heterocycles. The van der Waals surface area contributed by atoms with Crippen LogP contribution in [0.5, 0.6) is 0 Å². The van der Waals surface area contributed by atoms with Gasteiger partial charge >= 0.3 is 0 Å². The normalized spacial score (nSPS) is 16.5. The lowest BCUT2D eigenvalue weighted by Gasteiger charge is -2.36. The van der Waals surface area contributed by atoms with E-state index in [0.29, 0.717) is 98.1 Å². The number of hydrogen-bond acceptors (Lipinski definition) is 8. The average molecular weight is 654 g/mol. The first kappa shape index (κ1) is 30.9. The van der Waals surface area contributed by atoms with Gasteiger partial charge in [-0.3, -0.25) is 19.5 Å². The first-order chi connectivity index (χ1) is 22.9. The van der Waals surface area contributed by atoms with Gasteiger partial charge in [0.1, 0.15) is 5.82 Å². The summed E-state index contributed by atoms with van der Waals surface area (Å²) in [6.07, 6.45) is 1.73. The molecule has 0 aliphatic carbocycles. The van der Waals surface area contributed by atoms with E-state index >= 15 is 0 Å². The maximum atomic E-state index is 14.8. The molecule has 0 saturated carbocycles. The number of ether oxygens (including phenoxy) is 1. The Hall–Kier alpha value is -4.71. The van der Waals surface area contributed by atoms with Gasteiger partial charge in [-0.05, 0) is 48.5 Å². The van der Waals surface area contributed by atoms with E-state index in [9.17, 15) is 14.0 Å². The smallest absolute Gasteiger partial charge is 0.253 e. The number of halogens is 2. The van der Waals surface area contributed by atoms with Crippen LogP contribution in [0.15, 0.2) is 77.9 Å². The third kappa shape index (κ3) is 6.73. The maximum absolute atomic E-state index is 14.8. The van der Waals surface area contributed by atoms with Crippen LogP contribution in [0, 0.1) is 5.82 Å². The predicted molar refractivity (Wildman–Crippen MR) is 178 cm³/mol. The Morgan fingerprint density at radius 1 is 0.872 bits per heavy atom. The molecule has 0 unspecified atom stereocenters. The van der Waals surface area contributed by atoms with E-state index in [1.54, 1.807) is 48.7 Å². The number of aromatic nitrogens is 2. The number of anilines is 2. The summed E-state index contributed by atoms with van der Waals surface area (Å²) in [4.78, 5) is 45.8. The highest BCUT2D eigenvalue weighted by Gasteiger charge is 2.26. The number of nitrogens with one attached hydrogen (secondary N) is 1. The molecule has 0 spiro atoms. The Bertz CT molecular complexity index is 1840. The number of carbonyl (C=O) groups is 2. The molecular weight excluding hydrogens is 621 g/mol. The molecule has 240 valence electrons. The van der Waals surface area contributed by atoms with E-state index in [4.69, 9.17) is 26.3 Å². The van der Waals surface area contributed by atoms with Gasteiger partial charge in [-0.2, -0.15) is 0 Å². The predicted octanol–water partition coefficient (Wildman–Crippen LogP) is 4.65. The van der Waals surface area contributed by atoms with Gasteiger partial charge in [0.05, 0.1) is 37.7 Å². The van der Waals surface area contributed by atoms with Crippen molar-refractivity contribution in [3.05, 3.63) is 106 Å². The molecule has 3 aromatic carbocycles. The van der Waals surface area contributed by atoms with Gasteiger partial charge < -0.3 is 19.9 Å². The quantitative estimate of drug-likeness (QED) is 0.323. The number of rotatable bonds is 6. The Morgan fingerprint density at radius 3 is 2.40 bits per heavy atom. The van der Waals surface area contributed by atoms with Gasteiger partial charge in [0.25, 0.3) is 5.91 Å². The molecule has 12 heteroatoms. The molecular formula is C35H33ClFN7O3. The Morgan fingerprint density at radius 2 is 1.64 bits per heavy atom. The zero-order chi connectivity index (χ0) is 32.3. The van der Waals surface area contributed by atoms with E-state index in [1.807, 2.05) is 28.0 Å². The second kappa shape index (κ2) is 13.6. The summed E-state index contributed by atoms with van der Waals surface area (Å²) in [5.41, 5.74) is 5.17. The summed E-state index contributed by atoms with van der Waals surface area (Å²) in [6.45, 7) is 5.52. The number of carbonyl (C=O) groups excluding carboxylic acids is 2. The third-order valence-corrected chi connectivity index (χ3v) is 8.90. The van der Waals surface area contributed by atoms with Crippen LogP contribution >= 0.6 is 11.6 Å². The van der Waals surface area contributed by atoms with Gasteiger partial charge in [0, 0.05) is 84.0 Å². The van der Waals surface area contributed by atoms with Crippen molar-refractivity contribution in [2.45, 2.75) is 6.54 Å². The molecule has 4 aromatic rings. The van der Waals surface area contributed by atoms with Crippen molar-refractivity contribution >= 4 is 40.8 Å². The average Bonchev–Trinajstić information content (AvgIpc) is 3.25. The highest BCUT2D eigenvalue weighted by Crippen LogP contribution is 2.34. The van der Waals surface area contributed by atoms with E-state index < -0.39 is 0 Å². The topological polar surface area (TPSA) is 103 Å². The number of amides is 2. The summed E-state index contributed by atoms with van der Waals surface area (Å²) in [6, 6.07) is 19.2. The molecule has 2 amide bonds. The lowest BCUT2D eigenvalue weighted by Crippen LogP contribution is -2.52. The van der Waals surface area contributed by atoms with Gasteiger partial charge in [-0.25, -0.2) is 14.4 Å². The Kier molecular flexibility index (Phi) is 8.92. The second-order valence-electron chi connectivity index (χ2n) is 11.7. The molecule has 0 radical (unpaired) electrons. The number of morpholine rings is 1. The van der Waals surface area contributed by atoms with Crippen LogP contribution in [-0.4, -0.2) is 101 Å². The van der Waals surface area contributed by atoms with Gasteiger partial charge in [0.2, 0.25) is 11.9 Å². The minimum absolute atomic E-state index is 0.0436. The lowest BCUT2D eigenvalue weighted by molar-refractivity contribution is -0.136. The van der Waals surface area contributed by atoms with Gasteiger partial charge in [-0.1, -0.05) is 29.8 Å². The number of nitrogens with zero attached hydrogens (tertiary/aromatic N) is 6. The fraction of sp³-hybridized carbons (Fsp3) is 0.286. The van der Waals surface area contributed by atoms with Crippen LogP contribution in [0.3, 0.4) is 0 Å². The third-order valence-electron chi connectivity index (χ3n) is 8.66. The molecule has 2 fully saturated rings. The summed E-state index contributed by atoms with van der Waals surface area (Å²) in [5.74, 6) is 0.0827. The molecule has 1 aromatic heterocycles. The monoisotopic (exact) mass is 653 g/mol. The molecule has 47 heavy (non-hydrogen) atoms. The molecule has 3 aliphatic rings. The minimum atomic E-state index is -0.364. The largest absolute Gasteiger partial charge is 0.378 e. The number of fused-ring (bicyclic) bond motifs is 3. The van der Waals surface area contributed by atoms with Crippen molar-refractivity contribution < 1.29 is 18.7 Å². The second-order valence-corrected chi connectivity index (χ2v) is 12.1. The fourth-order valence-corrected chi connectivity index (χ4v) is 6.26. The van der Waals surface area contributed by atoms with Crippen LogP contribution in [0.25, 0.3) is 11.3 Å². The van der Waals surface area contributed by atoms with Crippen LogP contribution in [0.4, 0.5) is 16.0 Å². The zero-order valence-corrected chi connectivity index (χ0v) is 26.4. The molecule has 3 aliphatic heterocycles. The van der Waals surface area contributed by atoms with Crippen molar-refractivity contribution in [2.75, 3.05) is 64.3 Å². The molecule has 1 N–H and O–H groups in total. The lowest BCUT2D eigenvalue weighted by atomic mass is 9.95. The summed E-state index contributed by atoms with van der Waals surface area (Å²) in [5, 5.41) is 3.76. The van der Waals surface area contributed by atoms with Crippen LogP contribution in [-0.2, 0) is 16.1 Å². The van der Waals surface area contributed by atoms with Crippen molar-refractivity contribution in [3.63, 3.8) is 0 Å². The minimum Gasteiger partial charge on any atom is -0.378 e. The maximum Gasteiger partial charge on any atom is 0.253 e. The van der Waals surface area contributed by atoms with E-state index in [2.05, 4.69) is 15.2 Å². The molecule has 0 atom stereocenters. The van der Waals surface area contributed by atoms with E-state index in [0.717, 1.165) is 16.8 Å². The summed E-state index contributed by atoms with van der Waals surface area (Å²) >= 11 is 6.38. The molecule has 7 rings (SSSR count). The summed E-state index contributed by atoms with van der Waals surface area (Å²) in [7, 11) is 0. The highest BCUT2D eigenvalue weighted by molar-refractivity contribution is 6.31. The van der Waals surface area contributed by atoms with Crippen molar-refractivity contribution in [1.82, 2.24) is 24.7 Å². The number of hydrogen-bond donors (Lipinski definition) is 1. The van der Waals surface area contributed by atoms with Crippen LogP contribution in [0.1, 0.15) is 27.0 Å². The zero-order valence-electron chi connectivity index (χ0n) is 25.7. The van der Waals surface area contributed by atoms with Gasteiger partial charge in [-0.15, -0.1) is 0 Å². The SMILES string of the molecule is O=C(CN1CCN(C(=O)c2ccc(Nc3ncc4c(n3)-c3ccc(Cl)cc3C(c3ccccc3F)=NC4)cc2)CC1)N1CCOCC1. The van der Waals surface area contributed by atoms with Crippen molar-refractivity contribution in [1.29, 1.82) is 0 Å². The Balaban J connectivity index is 1.02. The van der Waals surface area contributed by atoms with Gasteiger partial charge in [0.15, 0.2) is 0 Å². The Labute approximate surface area is 276 Å².